The smallest absolute Gasteiger partial charge is 0.228 e. The van der Waals surface area contributed by atoms with E-state index < -0.39 is 0 Å². The molecule has 0 fully saturated rings. The molecule has 0 bridgehead atoms. The van der Waals surface area contributed by atoms with Crippen molar-refractivity contribution in [1.82, 2.24) is 5.32 Å². The van der Waals surface area contributed by atoms with E-state index in [-0.39, 0.29) is 17.4 Å². The molecule has 1 atom stereocenters. The number of amides is 1. The Bertz CT molecular complexity index is 434. The van der Waals surface area contributed by atoms with E-state index in [4.69, 9.17) is 0 Å². The zero-order chi connectivity index (χ0) is 11.9. The first-order chi connectivity index (χ1) is 7.45. The third-order valence-electron chi connectivity index (χ3n) is 3.42. The van der Waals surface area contributed by atoms with Gasteiger partial charge in [0.15, 0.2) is 0 Å². The molecule has 1 aliphatic rings. The first-order valence-corrected chi connectivity index (χ1v) is 5.88. The van der Waals surface area contributed by atoms with Gasteiger partial charge in [-0.05, 0) is 38.3 Å². The van der Waals surface area contributed by atoms with Crippen molar-refractivity contribution in [2.24, 2.45) is 0 Å². The van der Waals surface area contributed by atoms with Crippen molar-refractivity contribution >= 4 is 5.91 Å². The normalized spacial score (nSPS) is 22.5. The van der Waals surface area contributed by atoms with Gasteiger partial charge >= 0.3 is 0 Å². The van der Waals surface area contributed by atoms with Crippen molar-refractivity contribution in [3.63, 3.8) is 0 Å². The van der Waals surface area contributed by atoms with Gasteiger partial charge in [-0.3, -0.25) is 4.79 Å². The molecule has 1 aliphatic heterocycles. The van der Waals surface area contributed by atoms with Crippen molar-refractivity contribution in [3.05, 3.63) is 34.9 Å². The largest absolute Gasteiger partial charge is 0.347 e. The second-order valence-corrected chi connectivity index (χ2v) is 5.17. The zero-order valence-corrected chi connectivity index (χ0v) is 10.4. The lowest BCUT2D eigenvalue weighted by atomic mass is 9.78. The summed E-state index contributed by atoms with van der Waals surface area (Å²) in [7, 11) is 0. The Kier molecular flexibility index (Phi) is 2.53. The van der Waals surface area contributed by atoms with Crippen molar-refractivity contribution in [2.75, 3.05) is 0 Å². The summed E-state index contributed by atoms with van der Waals surface area (Å²) in [6, 6.07) is 6.42. The van der Waals surface area contributed by atoms with Crippen LogP contribution in [0.2, 0.25) is 0 Å². The number of hydrogen-bond donors (Lipinski definition) is 1. The fourth-order valence-corrected chi connectivity index (χ4v) is 2.55. The molecule has 1 aromatic carbocycles. The van der Waals surface area contributed by atoms with Crippen LogP contribution in [0.3, 0.4) is 0 Å². The van der Waals surface area contributed by atoms with E-state index in [1.807, 2.05) is 0 Å². The summed E-state index contributed by atoms with van der Waals surface area (Å²) in [5, 5.41) is 3.09. The molecule has 0 saturated heterocycles. The second-order valence-electron chi connectivity index (χ2n) is 5.17. The van der Waals surface area contributed by atoms with Crippen LogP contribution in [0.1, 0.15) is 49.8 Å². The van der Waals surface area contributed by atoms with E-state index >= 15 is 0 Å². The lowest BCUT2D eigenvalue weighted by molar-refractivity contribution is -0.125. The monoisotopic (exact) mass is 217 g/mol. The van der Waals surface area contributed by atoms with Gasteiger partial charge in [0.2, 0.25) is 5.91 Å². The maximum atomic E-state index is 12.0. The summed E-state index contributed by atoms with van der Waals surface area (Å²) in [6.07, 6.45) is 0.859. The molecule has 1 aromatic rings. The van der Waals surface area contributed by atoms with Crippen LogP contribution in [-0.4, -0.2) is 5.91 Å². The van der Waals surface area contributed by atoms with E-state index in [0.717, 1.165) is 6.42 Å². The van der Waals surface area contributed by atoms with Crippen LogP contribution in [0, 0.1) is 6.92 Å². The molecule has 1 heterocycles. The molecular weight excluding hydrogens is 198 g/mol. The van der Waals surface area contributed by atoms with Crippen LogP contribution in [0.5, 0.6) is 0 Å². The van der Waals surface area contributed by atoms with Gasteiger partial charge in [0, 0.05) is 0 Å². The number of fused-ring (bicyclic) bond motifs is 1. The maximum absolute atomic E-state index is 12.0. The highest BCUT2D eigenvalue weighted by molar-refractivity contribution is 5.87. The summed E-state index contributed by atoms with van der Waals surface area (Å²) in [5.41, 5.74) is 3.44. The summed E-state index contributed by atoms with van der Waals surface area (Å²) in [4.78, 5) is 12.0. The average Bonchev–Trinajstić information content (AvgIpc) is 2.16. The molecule has 2 heteroatoms. The van der Waals surface area contributed by atoms with Crippen molar-refractivity contribution in [3.8, 4) is 0 Å². The highest BCUT2D eigenvalue weighted by Gasteiger charge is 2.36. The lowest BCUT2D eigenvalue weighted by Gasteiger charge is -2.37. The summed E-state index contributed by atoms with van der Waals surface area (Å²) >= 11 is 0. The van der Waals surface area contributed by atoms with Gasteiger partial charge in [0.25, 0.3) is 0 Å². The fraction of sp³-hybridized carbons (Fsp3) is 0.500. The maximum Gasteiger partial charge on any atom is 0.228 e. The molecule has 0 radical (unpaired) electrons. The Labute approximate surface area is 97.1 Å². The number of rotatable bonds is 1. The Morgan fingerprint density at radius 2 is 2.06 bits per heavy atom. The minimum Gasteiger partial charge on any atom is -0.347 e. The number of carbonyl (C=O) groups is 1. The Hall–Kier alpha value is -1.31. The molecule has 0 saturated carbocycles. The van der Waals surface area contributed by atoms with E-state index in [0.29, 0.717) is 0 Å². The van der Waals surface area contributed by atoms with Gasteiger partial charge in [0.1, 0.15) is 0 Å². The molecule has 0 aliphatic carbocycles. The number of nitrogens with one attached hydrogen (secondary N) is 1. The standard InChI is InChI=1S/C14H19NO/c1-5-10-11-8-9(2)6-7-12(11)14(3,4)15-13(10)16/h6-8,10H,5H2,1-4H3,(H,15,16). The highest BCUT2D eigenvalue weighted by atomic mass is 16.2. The quantitative estimate of drug-likeness (QED) is 0.770. The van der Waals surface area contributed by atoms with Gasteiger partial charge in [-0.25, -0.2) is 0 Å². The van der Waals surface area contributed by atoms with Gasteiger partial charge in [-0.2, -0.15) is 0 Å². The molecular formula is C14H19NO. The molecule has 2 nitrogen and oxygen atoms in total. The molecule has 16 heavy (non-hydrogen) atoms. The first-order valence-electron chi connectivity index (χ1n) is 5.88. The van der Waals surface area contributed by atoms with Crippen molar-refractivity contribution in [1.29, 1.82) is 0 Å². The minimum atomic E-state index is -0.244. The van der Waals surface area contributed by atoms with Crippen LogP contribution >= 0.6 is 0 Å². The third-order valence-corrected chi connectivity index (χ3v) is 3.42. The van der Waals surface area contributed by atoms with Crippen LogP contribution in [0.25, 0.3) is 0 Å². The zero-order valence-electron chi connectivity index (χ0n) is 10.4. The van der Waals surface area contributed by atoms with Gasteiger partial charge in [0.05, 0.1) is 11.5 Å². The fourth-order valence-electron chi connectivity index (χ4n) is 2.55. The van der Waals surface area contributed by atoms with Crippen LogP contribution < -0.4 is 5.32 Å². The molecule has 0 aromatic heterocycles. The lowest BCUT2D eigenvalue weighted by Crippen LogP contribution is -2.48. The van der Waals surface area contributed by atoms with Gasteiger partial charge in [-0.15, -0.1) is 0 Å². The first kappa shape index (κ1) is 11.2. The Balaban J connectivity index is 2.62. The molecule has 0 spiro atoms. The van der Waals surface area contributed by atoms with E-state index in [1.54, 1.807) is 0 Å². The number of carbonyl (C=O) groups excluding carboxylic acids is 1. The highest BCUT2D eigenvalue weighted by Crippen LogP contribution is 2.36. The van der Waals surface area contributed by atoms with Crippen molar-refractivity contribution in [2.45, 2.75) is 45.6 Å². The molecule has 2 rings (SSSR count). The topological polar surface area (TPSA) is 29.1 Å². The van der Waals surface area contributed by atoms with Gasteiger partial charge < -0.3 is 5.32 Å². The summed E-state index contributed by atoms with van der Waals surface area (Å²) in [5.74, 6) is 0.175. The molecule has 1 amide bonds. The average molecular weight is 217 g/mol. The van der Waals surface area contributed by atoms with Gasteiger partial charge in [-0.1, -0.05) is 30.7 Å². The number of aryl methyl sites for hydroxylation is 1. The van der Waals surface area contributed by atoms with Crippen LogP contribution in [0.4, 0.5) is 0 Å². The predicted molar refractivity (Wildman–Crippen MR) is 65.4 cm³/mol. The number of benzene rings is 1. The third kappa shape index (κ3) is 1.62. The molecule has 1 unspecified atom stereocenters. The van der Waals surface area contributed by atoms with E-state index in [1.165, 1.54) is 16.7 Å². The van der Waals surface area contributed by atoms with Crippen LogP contribution in [-0.2, 0) is 10.3 Å². The molecule has 1 N–H and O–H groups in total. The summed E-state index contributed by atoms with van der Waals surface area (Å²) in [6.45, 7) is 8.26. The second kappa shape index (κ2) is 3.62. The Morgan fingerprint density at radius 1 is 1.38 bits per heavy atom. The number of hydrogen-bond acceptors (Lipinski definition) is 1. The predicted octanol–water partition coefficient (Wildman–Crippen LogP) is 2.85. The minimum absolute atomic E-state index is 0.0166. The van der Waals surface area contributed by atoms with Crippen molar-refractivity contribution < 1.29 is 4.79 Å². The van der Waals surface area contributed by atoms with E-state index in [9.17, 15) is 4.79 Å². The molecule has 86 valence electrons. The van der Waals surface area contributed by atoms with Crippen LogP contribution in [0.15, 0.2) is 18.2 Å². The Morgan fingerprint density at radius 3 is 2.69 bits per heavy atom. The van der Waals surface area contributed by atoms with E-state index in [2.05, 4.69) is 51.2 Å². The summed E-state index contributed by atoms with van der Waals surface area (Å²) < 4.78 is 0. The SMILES string of the molecule is CCC1C(=O)NC(C)(C)c2ccc(C)cc21.